The number of nitro benzene ring substituents is 1. The first-order chi connectivity index (χ1) is 10.9. The summed E-state index contributed by atoms with van der Waals surface area (Å²) in [6, 6.07) is 3.45. The standard InChI is InChI=1S/C19H28N2O3/c1-12(2)24-17-9-15(13(3)8-16(17)21(22)23)14-10-18(4,5)20-19(6,7)11-14/h8-10,12,20H,11H2,1-7H3. The van der Waals surface area contributed by atoms with Crippen molar-refractivity contribution >= 4 is 11.3 Å². The molecule has 1 aromatic carbocycles. The average Bonchev–Trinajstić information content (AvgIpc) is 2.35. The molecule has 0 bridgehead atoms. The fraction of sp³-hybridized carbons (Fsp3) is 0.579. The summed E-state index contributed by atoms with van der Waals surface area (Å²) in [6.45, 7) is 14.3. The van der Waals surface area contributed by atoms with Crippen molar-refractivity contribution in [2.75, 3.05) is 0 Å². The molecule has 1 heterocycles. The van der Waals surface area contributed by atoms with Gasteiger partial charge in [-0.2, -0.15) is 0 Å². The number of hydrogen-bond acceptors (Lipinski definition) is 4. The third-order valence-electron chi connectivity index (χ3n) is 4.04. The number of aryl methyl sites for hydroxylation is 1. The molecule has 0 aromatic heterocycles. The van der Waals surface area contributed by atoms with Gasteiger partial charge in [-0.15, -0.1) is 0 Å². The molecule has 1 N–H and O–H groups in total. The van der Waals surface area contributed by atoms with E-state index in [0.717, 1.165) is 17.5 Å². The average molecular weight is 332 g/mol. The first-order valence-corrected chi connectivity index (χ1v) is 8.37. The third-order valence-corrected chi connectivity index (χ3v) is 4.04. The Kier molecular flexibility index (Phi) is 4.77. The van der Waals surface area contributed by atoms with E-state index in [9.17, 15) is 10.1 Å². The van der Waals surface area contributed by atoms with Crippen LogP contribution in [-0.2, 0) is 0 Å². The van der Waals surface area contributed by atoms with Crippen LogP contribution in [0.15, 0.2) is 18.2 Å². The smallest absolute Gasteiger partial charge is 0.311 e. The molecule has 0 fully saturated rings. The molecule has 0 amide bonds. The fourth-order valence-electron chi connectivity index (χ4n) is 3.60. The normalized spacial score (nSPS) is 19.1. The molecule has 0 radical (unpaired) electrons. The van der Waals surface area contributed by atoms with Crippen molar-refractivity contribution in [3.05, 3.63) is 39.4 Å². The maximum Gasteiger partial charge on any atom is 0.311 e. The van der Waals surface area contributed by atoms with Crippen molar-refractivity contribution in [1.29, 1.82) is 0 Å². The van der Waals surface area contributed by atoms with Crippen LogP contribution < -0.4 is 10.1 Å². The van der Waals surface area contributed by atoms with Crippen molar-refractivity contribution in [3.8, 4) is 5.75 Å². The monoisotopic (exact) mass is 332 g/mol. The lowest BCUT2D eigenvalue weighted by Crippen LogP contribution is -2.53. The second kappa shape index (κ2) is 6.20. The van der Waals surface area contributed by atoms with Crippen LogP contribution >= 0.6 is 0 Å². The molecule has 2 rings (SSSR count). The molecule has 132 valence electrons. The predicted octanol–water partition coefficient (Wildman–Crippen LogP) is 4.62. The highest BCUT2D eigenvalue weighted by atomic mass is 16.6. The summed E-state index contributed by atoms with van der Waals surface area (Å²) in [4.78, 5) is 11.0. The van der Waals surface area contributed by atoms with Gasteiger partial charge < -0.3 is 10.1 Å². The number of nitrogens with one attached hydrogen (secondary N) is 1. The summed E-state index contributed by atoms with van der Waals surface area (Å²) in [6.07, 6.45) is 2.95. The Balaban J connectivity index is 2.58. The number of benzene rings is 1. The van der Waals surface area contributed by atoms with E-state index >= 15 is 0 Å². The number of nitro groups is 1. The Bertz CT molecular complexity index is 688. The second-order valence-corrected chi connectivity index (χ2v) is 8.14. The van der Waals surface area contributed by atoms with Crippen molar-refractivity contribution in [3.63, 3.8) is 0 Å². The second-order valence-electron chi connectivity index (χ2n) is 8.14. The van der Waals surface area contributed by atoms with E-state index in [0.29, 0.717) is 5.75 Å². The van der Waals surface area contributed by atoms with Gasteiger partial charge in [0.25, 0.3) is 0 Å². The highest BCUT2D eigenvalue weighted by Gasteiger charge is 2.33. The van der Waals surface area contributed by atoms with Crippen LogP contribution in [0.3, 0.4) is 0 Å². The Morgan fingerprint density at radius 1 is 1.25 bits per heavy atom. The van der Waals surface area contributed by atoms with Crippen LogP contribution in [0, 0.1) is 17.0 Å². The van der Waals surface area contributed by atoms with E-state index in [1.165, 1.54) is 5.57 Å². The minimum Gasteiger partial charge on any atom is -0.484 e. The Morgan fingerprint density at radius 3 is 2.38 bits per heavy atom. The molecule has 1 aliphatic heterocycles. The highest BCUT2D eigenvalue weighted by Crippen LogP contribution is 2.39. The zero-order valence-corrected chi connectivity index (χ0v) is 15.7. The summed E-state index contributed by atoms with van der Waals surface area (Å²) in [7, 11) is 0. The molecule has 0 unspecified atom stereocenters. The lowest BCUT2D eigenvalue weighted by molar-refractivity contribution is -0.386. The lowest BCUT2D eigenvalue weighted by atomic mass is 9.80. The molecular formula is C19H28N2O3. The van der Waals surface area contributed by atoms with Gasteiger partial charge in [-0.05, 0) is 77.7 Å². The van der Waals surface area contributed by atoms with E-state index in [2.05, 4.69) is 39.1 Å². The number of rotatable bonds is 4. The van der Waals surface area contributed by atoms with Gasteiger partial charge in [0.1, 0.15) is 0 Å². The predicted molar refractivity (Wildman–Crippen MR) is 97.5 cm³/mol. The molecule has 0 saturated carbocycles. The minimum absolute atomic E-state index is 0.0259. The van der Waals surface area contributed by atoms with E-state index in [1.54, 1.807) is 6.07 Å². The first kappa shape index (κ1) is 18.5. The van der Waals surface area contributed by atoms with Gasteiger partial charge in [-0.3, -0.25) is 10.1 Å². The van der Waals surface area contributed by atoms with Gasteiger partial charge in [0.05, 0.1) is 11.0 Å². The summed E-state index contributed by atoms with van der Waals surface area (Å²) in [5.41, 5.74) is 2.98. The fourth-order valence-corrected chi connectivity index (χ4v) is 3.60. The molecule has 0 saturated heterocycles. The Labute approximate surface area is 144 Å². The maximum absolute atomic E-state index is 11.4. The van der Waals surface area contributed by atoms with E-state index < -0.39 is 0 Å². The molecule has 5 heteroatoms. The summed E-state index contributed by atoms with van der Waals surface area (Å²) >= 11 is 0. The van der Waals surface area contributed by atoms with E-state index in [1.807, 2.05) is 26.8 Å². The molecule has 1 aromatic rings. The van der Waals surface area contributed by atoms with Gasteiger partial charge in [0, 0.05) is 17.1 Å². The Hall–Kier alpha value is -1.88. The quantitative estimate of drug-likeness (QED) is 0.645. The Morgan fingerprint density at radius 2 is 1.88 bits per heavy atom. The largest absolute Gasteiger partial charge is 0.484 e. The molecule has 0 spiro atoms. The van der Waals surface area contributed by atoms with Crippen molar-refractivity contribution in [2.45, 2.75) is 72.1 Å². The molecule has 5 nitrogen and oxygen atoms in total. The van der Waals surface area contributed by atoms with E-state index in [4.69, 9.17) is 4.74 Å². The molecule has 24 heavy (non-hydrogen) atoms. The van der Waals surface area contributed by atoms with Crippen LogP contribution in [0.5, 0.6) is 5.75 Å². The van der Waals surface area contributed by atoms with E-state index in [-0.39, 0.29) is 27.8 Å². The third kappa shape index (κ3) is 4.15. The molecule has 0 atom stereocenters. The van der Waals surface area contributed by atoms with Gasteiger partial charge in [-0.1, -0.05) is 6.08 Å². The summed E-state index contributed by atoms with van der Waals surface area (Å²) in [5.74, 6) is 0.339. The van der Waals surface area contributed by atoms with Crippen molar-refractivity contribution < 1.29 is 9.66 Å². The van der Waals surface area contributed by atoms with Crippen LogP contribution in [0.4, 0.5) is 5.69 Å². The van der Waals surface area contributed by atoms with Crippen molar-refractivity contribution in [1.82, 2.24) is 5.32 Å². The zero-order chi connectivity index (χ0) is 18.3. The summed E-state index contributed by atoms with van der Waals surface area (Å²) in [5, 5.41) is 15.0. The van der Waals surface area contributed by atoms with Crippen LogP contribution in [0.1, 0.15) is 59.1 Å². The first-order valence-electron chi connectivity index (χ1n) is 8.37. The summed E-state index contributed by atoms with van der Waals surface area (Å²) < 4.78 is 5.71. The SMILES string of the molecule is Cc1cc([N+](=O)[O-])c(OC(C)C)cc1C1=CC(C)(C)NC(C)(C)C1. The van der Waals surface area contributed by atoms with Gasteiger partial charge in [-0.25, -0.2) is 0 Å². The number of ether oxygens (including phenoxy) is 1. The zero-order valence-electron chi connectivity index (χ0n) is 15.7. The molecular weight excluding hydrogens is 304 g/mol. The number of nitrogens with zero attached hydrogens (tertiary/aromatic N) is 1. The topological polar surface area (TPSA) is 64.4 Å². The molecule has 1 aliphatic rings. The van der Waals surface area contributed by atoms with Crippen LogP contribution in [0.2, 0.25) is 0 Å². The molecule has 0 aliphatic carbocycles. The van der Waals surface area contributed by atoms with Crippen molar-refractivity contribution in [2.24, 2.45) is 0 Å². The highest BCUT2D eigenvalue weighted by molar-refractivity contribution is 5.74. The minimum atomic E-state index is -0.376. The number of hydrogen-bond donors (Lipinski definition) is 1. The van der Waals surface area contributed by atoms with Crippen LogP contribution in [-0.4, -0.2) is 22.1 Å². The van der Waals surface area contributed by atoms with Gasteiger partial charge in [0.15, 0.2) is 5.75 Å². The van der Waals surface area contributed by atoms with Crippen LogP contribution in [0.25, 0.3) is 5.57 Å². The maximum atomic E-state index is 11.4. The van der Waals surface area contributed by atoms with Gasteiger partial charge >= 0.3 is 5.69 Å². The van der Waals surface area contributed by atoms with Gasteiger partial charge in [0.2, 0.25) is 0 Å². The lowest BCUT2D eigenvalue weighted by Gasteiger charge is -2.41.